The van der Waals surface area contributed by atoms with E-state index in [9.17, 15) is 13.2 Å². The molecule has 2 nitrogen and oxygen atoms in total. The van der Waals surface area contributed by atoms with Crippen molar-refractivity contribution in [2.24, 2.45) is 0 Å². The van der Waals surface area contributed by atoms with Crippen molar-refractivity contribution in [3.8, 4) is 11.5 Å². The van der Waals surface area contributed by atoms with Gasteiger partial charge in [-0.25, -0.2) is 18.2 Å². The second kappa shape index (κ2) is 4.29. The van der Waals surface area contributed by atoms with Crippen molar-refractivity contribution < 1.29 is 17.6 Å². The maximum atomic E-state index is 13.4. The molecule has 0 fully saturated rings. The van der Waals surface area contributed by atoms with Crippen molar-refractivity contribution in [3.05, 3.63) is 40.4 Å². The number of alkyl halides is 2. The molecule has 2 aromatic rings. The smallest absolute Gasteiger partial charge is 0.283 e. The summed E-state index contributed by atoms with van der Waals surface area (Å²) in [6, 6.07) is 4.19. The molecule has 1 aromatic carbocycles. The zero-order valence-corrected chi connectivity index (χ0v) is 9.34. The van der Waals surface area contributed by atoms with Gasteiger partial charge in [-0.15, -0.1) is 0 Å². The number of halogens is 4. The Morgan fingerprint density at radius 3 is 2.62 bits per heavy atom. The molecule has 0 radical (unpaired) electrons. The van der Waals surface area contributed by atoms with Crippen molar-refractivity contribution in [1.82, 2.24) is 4.98 Å². The fraction of sp³-hybridized carbons (Fsp3) is 0.100. The average molecular weight is 292 g/mol. The van der Waals surface area contributed by atoms with Crippen LogP contribution in [-0.2, 0) is 0 Å². The standard InChI is InChI=1S/C10H5BrF3NO/c11-5-1-2-6(7(12)3-5)10-15-8(4-16-10)9(13)14/h1-4,9H. The Morgan fingerprint density at radius 1 is 1.31 bits per heavy atom. The van der Waals surface area contributed by atoms with Crippen LogP contribution in [0.1, 0.15) is 12.1 Å². The highest BCUT2D eigenvalue weighted by Crippen LogP contribution is 2.27. The van der Waals surface area contributed by atoms with Gasteiger partial charge in [-0.1, -0.05) is 15.9 Å². The Morgan fingerprint density at radius 2 is 2.06 bits per heavy atom. The van der Waals surface area contributed by atoms with Gasteiger partial charge >= 0.3 is 0 Å². The molecule has 0 aliphatic rings. The Bertz CT molecular complexity index is 513. The number of benzene rings is 1. The second-order valence-electron chi connectivity index (χ2n) is 3.00. The zero-order valence-electron chi connectivity index (χ0n) is 7.75. The lowest BCUT2D eigenvalue weighted by Gasteiger charge is -1.98. The van der Waals surface area contributed by atoms with E-state index in [0.717, 1.165) is 6.26 Å². The number of rotatable bonds is 2. The van der Waals surface area contributed by atoms with Crippen LogP contribution in [-0.4, -0.2) is 4.98 Å². The number of oxazole rings is 1. The van der Waals surface area contributed by atoms with Gasteiger partial charge in [-0.2, -0.15) is 0 Å². The molecular weight excluding hydrogens is 287 g/mol. The summed E-state index contributed by atoms with van der Waals surface area (Å²) in [5.74, 6) is -0.739. The van der Waals surface area contributed by atoms with Crippen LogP contribution >= 0.6 is 15.9 Å². The summed E-state index contributed by atoms with van der Waals surface area (Å²) in [7, 11) is 0. The molecule has 0 atom stereocenters. The molecule has 6 heteroatoms. The second-order valence-corrected chi connectivity index (χ2v) is 3.92. The van der Waals surface area contributed by atoms with E-state index < -0.39 is 17.9 Å². The first-order chi connectivity index (χ1) is 7.58. The van der Waals surface area contributed by atoms with Crippen molar-refractivity contribution in [2.45, 2.75) is 6.43 Å². The molecule has 0 saturated heterocycles. The first-order valence-electron chi connectivity index (χ1n) is 4.27. The molecule has 0 aliphatic heterocycles. The minimum absolute atomic E-state index is 0.0510. The summed E-state index contributed by atoms with van der Waals surface area (Å²) < 4.78 is 43.2. The highest BCUT2D eigenvalue weighted by molar-refractivity contribution is 9.10. The molecule has 0 unspecified atom stereocenters. The maximum absolute atomic E-state index is 13.4. The summed E-state index contributed by atoms with van der Waals surface area (Å²) in [5, 5.41) is 0. The highest BCUT2D eigenvalue weighted by atomic mass is 79.9. The summed E-state index contributed by atoms with van der Waals surface area (Å²) in [6.45, 7) is 0. The first kappa shape index (κ1) is 11.2. The van der Waals surface area contributed by atoms with Crippen LogP contribution in [0.15, 0.2) is 33.4 Å². The van der Waals surface area contributed by atoms with Crippen molar-refractivity contribution in [2.75, 3.05) is 0 Å². The van der Waals surface area contributed by atoms with Crippen molar-refractivity contribution in [1.29, 1.82) is 0 Å². The zero-order chi connectivity index (χ0) is 11.7. The van der Waals surface area contributed by atoms with Crippen LogP contribution in [0, 0.1) is 5.82 Å². The van der Waals surface area contributed by atoms with Crippen LogP contribution in [0.25, 0.3) is 11.5 Å². The van der Waals surface area contributed by atoms with Crippen molar-refractivity contribution in [3.63, 3.8) is 0 Å². The highest BCUT2D eigenvalue weighted by Gasteiger charge is 2.16. The summed E-state index contributed by atoms with van der Waals surface area (Å²) in [6.07, 6.45) is -1.90. The van der Waals surface area contributed by atoms with Crippen LogP contribution in [0.2, 0.25) is 0 Å². The SMILES string of the molecule is Fc1cc(Br)ccc1-c1nc(C(F)F)co1. The molecule has 84 valence electrons. The van der Waals surface area contributed by atoms with Gasteiger partial charge in [0, 0.05) is 4.47 Å². The molecular formula is C10H5BrF3NO. The molecule has 1 heterocycles. The van der Waals surface area contributed by atoms with E-state index in [1.165, 1.54) is 12.1 Å². The van der Waals surface area contributed by atoms with E-state index in [0.29, 0.717) is 4.47 Å². The minimum Gasteiger partial charge on any atom is -0.444 e. The van der Waals surface area contributed by atoms with Crippen LogP contribution in [0.4, 0.5) is 13.2 Å². The van der Waals surface area contributed by atoms with Gasteiger partial charge in [0.2, 0.25) is 5.89 Å². The Hall–Kier alpha value is -1.30. The lowest BCUT2D eigenvalue weighted by atomic mass is 10.2. The van der Waals surface area contributed by atoms with Gasteiger partial charge in [-0.05, 0) is 18.2 Å². The van der Waals surface area contributed by atoms with Gasteiger partial charge in [0.05, 0.1) is 5.56 Å². The summed E-state index contributed by atoms with van der Waals surface area (Å²) >= 11 is 3.09. The predicted molar refractivity (Wildman–Crippen MR) is 54.6 cm³/mol. The number of hydrogen-bond donors (Lipinski definition) is 0. The molecule has 2 rings (SSSR count). The van der Waals surface area contributed by atoms with E-state index in [1.807, 2.05) is 0 Å². The van der Waals surface area contributed by atoms with E-state index in [4.69, 9.17) is 4.42 Å². The maximum Gasteiger partial charge on any atom is 0.283 e. The van der Waals surface area contributed by atoms with Crippen LogP contribution in [0.5, 0.6) is 0 Å². The van der Waals surface area contributed by atoms with E-state index in [2.05, 4.69) is 20.9 Å². The van der Waals surface area contributed by atoms with E-state index in [1.54, 1.807) is 6.07 Å². The lowest BCUT2D eigenvalue weighted by molar-refractivity contribution is 0.146. The summed E-state index contributed by atoms with van der Waals surface area (Å²) in [5.41, 5.74) is -0.451. The third kappa shape index (κ3) is 2.11. The third-order valence-corrected chi connectivity index (χ3v) is 2.40. The first-order valence-corrected chi connectivity index (χ1v) is 5.06. The van der Waals surface area contributed by atoms with Crippen LogP contribution < -0.4 is 0 Å². The topological polar surface area (TPSA) is 26.0 Å². The monoisotopic (exact) mass is 291 g/mol. The third-order valence-electron chi connectivity index (χ3n) is 1.91. The van der Waals surface area contributed by atoms with Gasteiger partial charge in [0.1, 0.15) is 17.8 Å². The normalized spacial score (nSPS) is 11.1. The lowest BCUT2D eigenvalue weighted by Crippen LogP contribution is -1.87. The fourth-order valence-electron chi connectivity index (χ4n) is 1.17. The summed E-state index contributed by atoms with van der Waals surface area (Å²) in [4.78, 5) is 3.50. The molecule has 1 aromatic heterocycles. The Kier molecular flexibility index (Phi) is 3.00. The number of aromatic nitrogens is 1. The quantitative estimate of drug-likeness (QED) is 0.829. The molecule has 0 N–H and O–H groups in total. The molecule has 0 saturated carbocycles. The Labute approximate surface area is 97.2 Å². The number of hydrogen-bond acceptors (Lipinski definition) is 2. The molecule has 16 heavy (non-hydrogen) atoms. The minimum atomic E-state index is -2.73. The van der Waals surface area contributed by atoms with Crippen molar-refractivity contribution >= 4 is 15.9 Å². The molecule has 0 spiro atoms. The molecule has 0 aliphatic carbocycles. The largest absolute Gasteiger partial charge is 0.444 e. The fourth-order valence-corrected chi connectivity index (χ4v) is 1.51. The van der Waals surface area contributed by atoms with E-state index in [-0.39, 0.29) is 11.5 Å². The molecule has 0 amide bonds. The van der Waals surface area contributed by atoms with E-state index >= 15 is 0 Å². The molecule has 0 bridgehead atoms. The van der Waals surface area contributed by atoms with Gasteiger partial charge < -0.3 is 4.42 Å². The average Bonchev–Trinajstić information content (AvgIpc) is 2.66. The van der Waals surface area contributed by atoms with Gasteiger partial charge in [-0.3, -0.25) is 0 Å². The Balaban J connectivity index is 2.42. The van der Waals surface area contributed by atoms with Gasteiger partial charge in [0.15, 0.2) is 0 Å². The van der Waals surface area contributed by atoms with Crippen LogP contribution in [0.3, 0.4) is 0 Å². The predicted octanol–water partition coefficient (Wildman–Crippen LogP) is 4.18. The number of nitrogens with zero attached hydrogens (tertiary/aromatic N) is 1. The van der Waals surface area contributed by atoms with Gasteiger partial charge in [0.25, 0.3) is 6.43 Å².